The molecule has 0 unspecified atom stereocenters. The topological polar surface area (TPSA) is 161 Å². The van der Waals surface area contributed by atoms with E-state index in [1.54, 1.807) is 0 Å². The van der Waals surface area contributed by atoms with Crippen molar-refractivity contribution in [1.82, 2.24) is 0 Å². The van der Waals surface area contributed by atoms with E-state index in [1.807, 2.05) is 0 Å². The Bertz CT molecular complexity index is 208. The Hall–Kier alpha value is 1.31. The summed E-state index contributed by atoms with van der Waals surface area (Å²) < 4.78 is 69.0. The molecule has 0 aromatic rings. The van der Waals surface area contributed by atoms with Crippen LogP contribution in [0.4, 0.5) is 0 Å². The van der Waals surface area contributed by atoms with Crippen molar-refractivity contribution in [2.45, 2.75) is 0 Å². The molecule has 0 saturated carbocycles. The monoisotopic (exact) mass is 486 g/mol. The quantitative estimate of drug-likeness (QED) is 0.311. The standard InChI is InChI=1S/Mo.2H2O4Te/c;2*1-5(2,3)4/h;2*(H2,1,2,3,4)/q+4;;/p-4. The van der Waals surface area contributed by atoms with Gasteiger partial charge >= 0.3 is 85.3 Å². The molecule has 0 radical (unpaired) electrons. The van der Waals surface area contributed by atoms with Gasteiger partial charge in [-0.15, -0.1) is 0 Å². The number of rotatable bonds is 0. The fourth-order valence-electron chi connectivity index (χ4n) is 0. The van der Waals surface area contributed by atoms with Crippen LogP contribution in [0.2, 0.25) is 0 Å². The summed E-state index contributed by atoms with van der Waals surface area (Å²) in [7, 11) is 0. The minimum atomic E-state index is -6.02. The molecule has 8 nitrogen and oxygen atoms in total. The van der Waals surface area contributed by atoms with E-state index < -0.39 is 37.9 Å². The van der Waals surface area contributed by atoms with E-state index in [2.05, 4.69) is 0 Å². The van der Waals surface area contributed by atoms with Crippen LogP contribution < -0.4 is 13.9 Å². The average Bonchev–Trinajstić information content (AvgIpc) is 1.12. The largest absolute Gasteiger partial charge is 4.00 e. The average molecular weight is 479 g/mol. The molecule has 0 fully saturated rings. The summed E-state index contributed by atoms with van der Waals surface area (Å²) in [5.41, 5.74) is 0. The predicted octanol–water partition coefficient (Wildman–Crippen LogP) is -6.00. The summed E-state index contributed by atoms with van der Waals surface area (Å²) in [6, 6.07) is 0. The third kappa shape index (κ3) is 573. The third-order valence-corrected chi connectivity index (χ3v) is 0. The van der Waals surface area contributed by atoms with Crippen molar-refractivity contribution >= 4 is 37.9 Å². The Morgan fingerprint density at radius 1 is 0.636 bits per heavy atom. The molecule has 0 aliphatic rings. The zero-order chi connectivity index (χ0) is 9.00. The second-order valence-electron chi connectivity index (χ2n) is 0.816. The molecule has 0 aliphatic carbocycles. The minimum Gasteiger partial charge on any atom is 4.00 e. The molecule has 0 atom stereocenters. The van der Waals surface area contributed by atoms with E-state index in [0.717, 1.165) is 0 Å². The summed E-state index contributed by atoms with van der Waals surface area (Å²) in [6.45, 7) is 0. The van der Waals surface area contributed by atoms with Gasteiger partial charge in [-0.05, 0) is 0 Å². The summed E-state index contributed by atoms with van der Waals surface area (Å²) in [5.74, 6) is 0. The maximum absolute atomic E-state index is 8.63. The smallest absolute Gasteiger partial charge is 4.00 e. The fraction of sp³-hybridized carbons (Fsp3) is 0. The van der Waals surface area contributed by atoms with Gasteiger partial charge in [-0.25, -0.2) is 0 Å². The SMILES string of the molecule is O=[Te](=O)([O-])[O-].O=[Te](=O)([O-])[O-].[Mo+4]. The minimum absolute atomic E-state index is 0. The first-order chi connectivity index (χ1) is 4.00. The van der Waals surface area contributed by atoms with Gasteiger partial charge in [0.25, 0.3) is 0 Å². The molecule has 0 amide bonds. The van der Waals surface area contributed by atoms with Crippen LogP contribution in [0.3, 0.4) is 0 Å². The molecule has 0 spiro atoms. The zero-order valence-corrected chi connectivity index (χ0v) is 11.2. The van der Waals surface area contributed by atoms with Crippen LogP contribution in [-0.2, 0) is 33.5 Å². The van der Waals surface area contributed by atoms with E-state index in [-0.39, 0.29) is 21.1 Å². The number of hydrogen-bond donors (Lipinski definition) is 0. The Kier molecular flexibility index (Phi) is 11.2. The molecule has 0 heterocycles. The summed E-state index contributed by atoms with van der Waals surface area (Å²) in [6.07, 6.45) is 0. The maximum atomic E-state index is 8.63. The molecule has 66 valence electrons. The molecule has 0 aromatic heterocycles. The van der Waals surface area contributed by atoms with Gasteiger partial charge in [0.2, 0.25) is 0 Å². The van der Waals surface area contributed by atoms with Crippen LogP contribution >= 0.6 is 0 Å². The molecule has 11 heteroatoms. The van der Waals surface area contributed by atoms with Crippen molar-refractivity contribution in [3.63, 3.8) is 0 Å². The molecule has 11 heavy (non-hydrogen) atoms. The van der Waals surface area contributed by atoms with Crippen molar-refractivity contribution in [3.05, 3.63) is 0 Å². The van der Waals surface area contributed by atoms with Gasteiger partial charge in [0.15, 0.2) is 0 Å². The van der Waals surface area contributed by atoms with Gasteiger partial charge in [0, 0.05) is 0 Å². The summed E-state index contributed by atoms with van der Waals surface area (Å²) in [4.78, 5) is 0. The van der Waals surface area contributed by atoms with Gasteiger partial charge in [0.1, 0.15) is 0 Å². The molecule has 0 saturated heterocycles. The third-order valence-electron chi connectivity index (χ3n) is 0. The van der Waals surface area contributed by atoms with Gasteiger partial charge in [-0.3, -0.25) is 0 Å². The zero-order valence-electron chi connectivity index (χ0n) is 4.49. The van der Waals surface area contributed by atoms with E-state index >= 15 is 0 Å². The van der Waals surface area contributed by atoms with Crippen LogP contribution in [0.15, 0.2) is 0 Å². The molecule has 0 N–H and O–H groups in total. The Morgan fingerprint density at radius 3 is 0.636 bits per heavy atom. The van der Waals surface area contributed by atoms with Gasteiger partial charge in [0.05, 0.1) is 0 Å². The van der Waals surface area contributed by atoms with Crippen molar-refractivity contribution in [3.8, 4) is 0 Å². The molecule has 0 aromatic carbocycles. The van der Waals surface area contributed by atoms with E-state index in [0.29, 0.717) is 0 Å². The van der Waals surface area contributed by atoms with Gasteiger partial charge in [-0.2, -0.15) is 0 Å². The van der Waals surface area contributed by atoms with Crippen molar-refractivity contribution in [2.75, 3.05) is 0 Å². The second-order valence-corrected chi connectivity index (χ2v) is 5.48. The van der Waals surface area contributed by atoms with Crippen LogP contribution in [0.25, 0.3) is 0 Å². The second kappa shape index (κ2) is 6.78. The summed E-state index contributed by atoms with van der Waals surface area (Å²) >= 11 is -12.0. The van der Waals surface area contributed by atoms with Crippen LogP contribution in [0, 0.1) is 0 Å². The van der Waals surface area contributed by atoms with E-state index in [9.17, 15) is 0 Å². The molecule has 0 bridgehead atoms. The Labute approximate surface area is 84.4 Å². The Morgan fingerprint density at radius 2 is 0.636 bits per heavy atom. The van der Waals surface area contributed by atoms with Crippen LogP contribution in [-0.4, -0.2) is 37.9 Å². The van der Waals surface area contributed by atoms with Crippen LogP contribution in [0.1, 0.15) is 0 Å². The van der Waals surface area contributed by atoms with Crippen molar-refractivity contribution in [2.24, 2.45) is 0 Å². The van der Waals surface area contributed by atoms with Gasteiger partial charge in [-0.1, -0.05) is 0 Å². The molecular formula is MoO8Te2. The first-order valence-electron chi connectivity index (χ1n) is 1.33. The predicted molar refractivity (Wildman–Crippen MR) is 14.3 cm³/mol. The first-order valence-corrected chi connectivity index (χ1v) is 8.94. The van der Waals surface area contributed by atoms with Gasteiger partial charge < -0.3 is 0 Å². The molecule has 0 rings (SSSR count). The summed E-state index contributed by atoms with van der Waals surface area (Å²) in [5, 5.41) is 0. The van der Waals surface area contributed by atoms with Crippen molar-refractivity contribution in [1.29, 1.82) is 0 Å². The molecule has 0 aliphatic heterocycles. The Balaban J connectivity index is -0.000000107. The van der Waals surface area contributed by atoms with Crippen LogP contribution in [0.5, 0.6) is 0 Å². The van der Waals surface area contributed by atoms with E-state index in [1.165, 1.54) is 0 Å². The van der Waals surface area contributed by atoms with E-state index in [4.69, 9.17) is 26.3 Å². The first kappa shape index (κ1) is 18.2. The molecular weight excluding hydrogens is 479 g/mol. The van der Waals surface area contributed by atoms with Crippen molar-refractivity contribution < 1.29 is 47.4 Å². The fourth-order valence-corrected chi connectivity index (χ4v) is 0. The normalized spacial score (nSPS) is 10.5. The maximum Gasteiger partial charge on any atom is 4.00 e. The number of hydrogen-bond acceptors (Lipinski definition) is 8.